The maximum absolute atomic E-state index is 6.61. The van der Waals surface area contributed by atoms with Gasteiger partial charge in [0.15, 0.2) is 5.82 Å². The molecule has 3 heteroatoms. The second-order valence-corrected chi connectivity index (χ2v) is 16.3. The summed E-state index contributed by atoms with van der Waals surface area (Å²) in [6.45, 7) is 0. The van der Waals surface area contributed by atoms with Crippen molar-refractivity contribution < 1.29 is 4.42 Å². The smallest absolute Gasteiger partial charge is 0.164 e. The van der Waals surface area contributed by atoms with Gasteiger partial charge in [-0.15, -0.1) is 0 Å². The van der Waals surface area contributed by atoms with Crippen molar-refractivity contribution in [1.29, 1.82) is 0 Å². The first-order valence-electron chi connectivity index (χ1n) is 21.2. The predicted octanol–water partition coefficient (Wildman–Crippen LogP) is 15.1. The van der Waals surface area contributed by atoms with Gasteiger partial charge in [-0.05, 0) is 91.0 Å². The van der Waals surface area contributed by atoms with Crippen molar-refractivity contribution in [1.82, 2.24) is 9.97 Å². The van der Waals surface area contributed by atoms with Gasteiger partial charge < -0.3 is 4.42 Å². The van der Waals surface area contributed by atoms with Crippen molar-refractivity contribution in [3.05, 3.63) is 241 Å². The van der Waals surface area contributed by atoms with Crippen LogP contribution in [-0.2, 0) is 5.41 Å². The summed E-state index contributed by atoms with van der Waals surface area (Å²) in [5.74, 6) is 0.614. The summed E-state index contributed by atoms with van der Waals surface area (Å²) in [5, 5.41) is 2.12. The number of para-hydroxylation sites is 2. The van der Waals surface area contributed by atoms with Crippen molar-refractivity contribution >= 4 is 21.9 Å². The van der Waals surface area contributed by atoms with Gasteiger partial charge in [-0.2, -0.15) is 0 Å². The highest BCUT2D eigenvalue weighted by Crippen LogP contribution is 2.61. The Hall–Kier alpha value is -8.14. The van der Waals surface area contributed by atoms with Crippen LogP contribution >= 0.6 is 0 Å². The molecule has 13 rings (SSSR count). The zero-order valence-corrected chi connectivity index (χ0v) is 33.6. The third-order valence-corrected chi connectivity index (χ3v) is 13.2. The van der Waals surface area contributed by atoms with Crippen molar-refractivity contribution in [2.75, 3.05) is 0 Å². The molecule has 0 N–H and O–H groups in total. The Kier molecular flexibility index (Phi) is 7.52. The lowest BCUT2D eigenvalue weighted by atomic mass is 9.66. The summed E-state index contributed by atoms with van der Waals surface area (Å²) >= 11 is 0. The topological polar surface area (TPSA) is 38.9 Å². The Morgan fingerprint density at radius 3 is 1.52 bits per heavy atom. The molecule has 62 heavy (non-hydrogen) atoms. The number of furan rings is 1. The average molecular weight is 789 g/mol. The molecule has 0 amide bonds. The van der Waals surface area contributed by atoms with E-state index in [2.05, 4.69) is 206 Å². The molecule has 0 fully saturated rings. The van der Waals surface area contributed by atoms with Crippen LogP contribution in [0.5, 0.6) is 0 Å². The van der Waals surface area contributed by atoms with Crippen LogP contribution in [0, 0.1) is 0 Å². The number of hydrogen-bond acceptors (Lipinski definition) is 3. The lowest BCUT2D eigenvalue weighted by Crippen LogP contribution is -2.29. The molecule has 0 saturated carbocycles. The van der Waals surface area contributed by atoms with E-state index in [1.54, 1.807) is 0 Å². The van der Waals surface area contributed by atoms with Crippen LogP contribution in [0.15, 0.2) is 223 Å². The molecule has 2 aliphatic rings. The summed E-state index contributed by atoms with van der Waals surface area (Å²) in [5.41, 5.74) is 20.5. The van der Waals surface area contributed by atoms with Gasteiger partial charge in [0.25, 0.3) is 0 Å². The molecular weight excluding hydrogens is 753 g/mol. The van der Waals surface area contributed by atoms with Gasteiger partial charge in [-0.1, -0.05) is 194 Å². The Morgan fingerprint density at radius 2 is 0.806 bits per heavy atom. The highest BCUT2D eigenvalue weighted by Gasteiger charge is 2.49. The summed E-state index contributed by atoms with van der Waals surface area (Å²) < 4.78 is 6.61. The predicted molar refractivity (Wildman–Crippen MR) is 253 cm³/mol. The Bertz CT molecular complexity index is 3550. The molecule has 0 atom stereocenters. The minimum Gasteiger partial charge on any atom is -0.455 e. The fourth-order valence-corrected chi connectivity index (χ4v) is 10.6. The van der Waals surface area contributed by atoms with E-state index < -0.39 is 5.41 Å². The van der Waals surface area contributed by atoms with Crippen LogP contribution in [-0.4, -0.2) is 9.97 Å². The number of fused-ring (bicyclic) bond motifs is 15. The van der Waals surface area contributed by atoms with Gasteiger partial charge in [-0.25, -0.2) is 9.97 Å². The maximum atomic E-state index is 6.61. The number of aromatic nitrogens is 2. The average Bonchev–Trinajstić information content (AvgIpc) is 3.85. The summed E-state index contributed by atoms with van der Waals surface area (Å²) in [6.07, 6.45) is 0. The molecule has 2 heterocycles. The van der Waals surface area contributed by atoms with E-state index >= 15 is 0 Å². The number of hydrogen-bond donors (Lipinski definition) is 0. The van der Waals surface area contributed by atoms with Gasteiger partial charge >= 0.3 is 0 Å². The standard InChI is InChI=1S/C59H36N2O/c1-2-17-37(18-3-1)39-19-4-7-25-45(39)55-36-54(60-58(61-55)48-28-16-27-47-46-26-11-15-32-56(46)62-57(47)48)38-33-34-53-49(35-38)41-21-6-5-20-40(41)42-22-8-12-29-50(42)59(53)51-30-13-9-23-43(51)44-24-10-14-31-52(44)59/h1-36H. The van der Waals surface area contributed by atoms with Gasteiger partial charge in [0.2, 0.25) is 0 Å². The summed E-state index contributed by atoms with van der Waals surface area (Å²) in [4.78, 5) is 10.9. The zero-order valence-electron chi connectivity index (χ0n) is 33.6. The van der Waals surface area contributed by atoms with Crippen LogP contribution in [0.1, 0.15) is 22.3 Å². The second kappa shape index (κ2) is 13.4. The third-order valence-electron chi connectivity index (χ3n) is 13.2. The molecule has 288 valence electrons. The molecule has 11 aromatic rings. The van der Waals surface area contributed by atoms with E-state index in [9.17, 15) is 0 Å². The molecule has 1 spiro atoms. The first-order valence-corrected chi connectivity index (χ1v) is 21.2. The van der Waals surface area contributed by atoms with Crippen LogP contribution in [0.2, 0.25) is 0 Å². The van der Waals surface area contributed by atoms with Gasteiger partial charge in [0, 0.05) is 21.9 Å². The van der Waals surface area contributed by atoms with E-state index in [0.29, 0.717) is 5.82 Å². The highest BCUT2D eigenvalue weighted by molar-refractivity contribution is 6.09. The molecule has 0 saturated heterocycles. The van der Waals surface area contributed by atoms with E-state index in [4.69, 9.17) is 14.4 Å². The molecule has 0 bridgehead atoms. The largest absolute Gasteiger partial charge is 0.455 e. The van der Waals surface area contributed by atoms with Gasteiger partial charge in [0.05, 0.1) is 22.4 Å². The lowest BCUT2D eigenvalue weighted by Gasteiger charge is -2.35. The van der Waals surface area contributed by atoms with Crippen molar-refractivity contribution in [3.8, 4) is 78.4 Å². The molecule has 3 nitrogen and oxygen atoms in total. The van der Waals surface area contributed by atoms with E-state index in [0.717, 1.165) is 61.1 Å². The van der Waals surface area contributed by atoms with Crippen LogP contribution in [0.3, 0.4) is 0 Å². The first kappa shape index (κ1) is 34.7. The minimum atomic E-state index is -0.551. The molecule has 2 aliphatic carbocycles. The lowest BCUT2D eigenvalue weighted by molar-refractivity contribution is 0.669. The molecule has 2 aromatic heterocycles. The number of rotatable bonds is 4. The molecule has 0 radical (unpaired) electrons. The van der Waals surface area contributed by atoms with E-state index in [-0.39, 0.29) is 0 Å². The summed E-state index contributed by atoms with van der Waals surface area (Å²) in [7, 11) is 0. The molecular formula is C59H36N2O. The van der Waals surface area contributed by atoms with Crippen molar-refractivity contribution in [2.45, 2.75) is 5.41 Å². The number of benzene rings is 9. The fraction of sp³-hybridized carbons (Fsp3) is 0.0169. The van der Waals surface area contributed by atoms with Crippen LogP contribution in [0.25, 0.3) is 100 Å². The Labute approximate surface area is 359 Å². The molecule has 9 aromatic carbocycles. The molecule has 0 aliphatic heterocycles. The minimum absolute atomic E-state index is 0.551. The summed E-state index contributed by atoms with van der Waals surface area (Å²) in [6, 6.07) is 78.7. The van der Waals surface area contributed by atoms with Gasteiger partial charge in [0.1, 0.15) is 11.2 Å². The van der Waals surface area contributed by atoms with Crippen molar-refractivity contribution in [2.24, 2.45) is 0 Å². The van der Waals surface area contributed by atoms with Crippen molar-refractivity contribution in [3.63, 3.8) is 0 Å². The normalized spacial score (nSPS) is 13.0. The monoisotopic (exact) mass is 788 g/mol. The zero-order chi connectivity index (χ0) is 40.8. The molecule has 0 unspecified atom stereocenters. The van der Waals surface area contributed by atoms with Gasteiger partial charge in [-0.3, -0.25) is 0 Å². The maximum Gasteiger partial charge on any atom is 0.164 e. The van der Waals surface area contributed by atoms with E-state index in [1.807, 2.05) is 12.1 Å². The Morgan fingerprint density at radius 1 is 0.306 bits per heavy atom. The quantitative estimate of drug-likeness (QED) is 0.178. The first-order chi connectivity index (χ1) is 30.8. The Balaban J connectivity index is 1.10. The highest BCUT2D eigenvalue weighted by atomic mass is 16.3. The van der Waals surface area contributed by atoms with Crippen LogP contribution in [0.4, 0.5) is 0 Å². The fourth-order valence-electron chi connectivity index (χ4n) is 10.6. The number of nitrogens with zero attached hydrogens (tertiary/aromatic N) is 2. The SMILES string of the molecule is c1ccc(-c2ccccc2-c2cc(-c3ccc4c(c3)-c3ccccc3-c3ccccc3C43c4ccccc4-c4ccccc43)nc(-c3cccc4c3oc3ccccc34)n2)cc1. The van der Waals surface area contributed by atoms with E-state index in [1.165, 1.54) is 55.6 Å². The second-order valence-electron chi connectivity index (χ2n) is 16.3. The van der Waals surface area contributed by atoms with Crippen LogP contribution < -0.4 is 0 Å². The third kappa shape index (κ3) is 4.94.